The van der Waals surface area contributed by atoms with Crippen molar-refractivity contribution in [2.45, 2.75) is 6.04 Å². The summed E-state index contributed by atoms with van der Waals surface area (Å²) in [5.41, 5.74) is 6.64. The number of hydrogen-bond donors (Lipinski definition) is 1. The van der Waals surface area contributed by atoms with Gasteiger partial charge in [0.15, 0.2) is 0 Å². The van der Waals surface area contributed by atoms with Crippen LogP contribution in [0, 0.1) is 5.82 Å². The Hall–Kier alpha value is -1.39. The highest BCUT2D eigenvalue weighted by atomic mass is 35.5. The molecule has 5 heteroatoms. The van der Waals surface area contributed by atoms with Gasteiger partial charge in [0.05, 0.1) is 11.1 Å². The van der Waals surface area contributed by atoms with E-state index in [-0.39, 0.29) is 5.02 Å². The van der Waals surface area contributed by atoms with Crippen molar-refractivity contribution in [3.8, 4) is 0 Å². The van der Waals surface area contributed by atoms with E-state index in [4.69, 9.17) is 17.3 Å². The van der Waals surface area contributed by atoms with Gasteiger partial charge in [0.2, 0.25) is 0 Å². The minimum Gasteiger partial charge on any atom is -0.336 e. The summed E-state index contributed by atoms with van der Waals surface area (Å²) < 4.78 is 15.1. The van der Waals surface area contributed by atoms with Crippen LogP contribution < -0.4 is 5.73 Å². The number of aromatic nitrogens is 2. The molecule has 1 heterocycles. The summed E-state index contributed by atoms with van der Waals surface area (Å²) in [6.45, 7) is 0. The molecular weight excluding hydrogens is 229 g/mol. The van der Waals surface area contributed by atoms with Crippen LogP contribution in [0.3, 0.4) is 0 Å². The highest BCUT2D eigenvalue weighted by Crippen LogP contribution is 2.22. The van der Waals surface area contributed by atoms with Gasteiger partial charge in [-0.15, -0.1) is 0 Å². The van der Waals surface area contributed by atoms with Crippen molar-refractivity contribution < 1.29 is 4.39 Å². The van der Waals surface area contributed by atoms with E-state index in [1.54, 1.807) is 23.0 Å². The van der Waals surface area contributed by atoms with Crippen LogP contribution in [-0.2, 0) is 7.05 Å². The minimum atomic E-state index is -0.469. The normalized spacial score (nSPS) is 12.8. The molecule has 3 nitrogen and oxygen atoms in total. The predicted molar refractivity (Wildman–Crippen MR) is 60.6 cm³/mol. The monoisotopic (exact) mass is 239 g/mol. The molecule has 0 aliphatic heterocycles. The van der Waals surface area contributed by atoms with Gasteiger partial charge in [0.25, 0.3) is 0 Å². The maximum atomic E-state index is 13.3. The van der Waals surface area contributed by atoms with Crippen LogP contribution in [0.15, 0.2) is 30.6 Å². The first-order chi connectivity index (χ1) is 7.59. The summed E-state index contributed by atoms with van der Waals surface area (Å²) >= 11 is 5.60. The summed E-state index contributed by atoms with van der Waals surface area (Å²) in [7, 11) is 1.84. The standard InChI is InChI=1S/C11H11ClFN3/c1-16-5-4-15-11(16)10(14)7-2-3-8(12)9(13)6-7/h2-6,10H,14H2,1H3. The van der Waals surface area contributed by atoms with Gasteiger partial charge in [0, 0.05) is 19.4 Å². The summed E-state index contributed by atoms with van der Waals surface area (Å²) in [6.07, 6.45) is 3.45. The van der Waals surface area contributed by atoms with Gasteiger partial charge in [-0.25, -0.2) is 9.37 Å². The number of benzene rings is 1. The molecule has 2 aromatic rings. The lowest BCUT2D eigenvalue weighted by Gasteiger charge is -2.12. The average molecular weight is 240 g/mol. The highest BCUT2D eigenvalue weighted by Gasteiger charge is 2.14. The molecule has 16 heavy (non-hydrogen) atoms. The van der Waals surface area contributed by atoms with Crippen LogP contribution in [0.4, 0.5) is 4.39 Å². The maximum absolute atomic E-state index is 13.3. The zero-order valence-corrected chi connectivity index (χ0v) is 9.45. The van der Waals surface area contributed by atoms with Crippen LogP contribution >= 0.6 is 11.6 Å². The molecule has 1 unspecified atom stereocenters. The average Bonchev–Trinajstić information content (AvgIpc) is 2.67. The molecule has 0 amide bonds. The second-order valence-corrected chi connectivity index (χ2v) is 3.95. The van der Waals surface area contributed by atoms with Gasteiger partial charge in [0.1, 0.15) is 11.6 Å². The Morgan fingerprint density at radius 3 is 2.81 bits per heavy atom. The number of nitrogens with zero attached hydrogens (tertiary/aromatic N) is 2. The molecule has 0 saturated heterocycles. The lowest BCUT2D eigenvalue weighted by molar-refractivity contribution is 0.621. The molecule has 0 radical (unpaired) electrons. The Bertz CT molecular complexity index is 510. The molecule has 0 spiro atoms. The van der Waals surface area contributed by atoms with Crippen molar-refractivity contribution in [2.75, 3.05) is 0 Å². The van der Waals surface area contributed by atoms with Crippen LogP contribution in [-0.4, -0.2) is 9.55 Å². The fourth-order valence-electron chi connectivity index (χ4n) is 1.53. The minimum absolute atomic E-state index is 0.0933. The summed E-state index contributed by atoms with van der Waals surface area (Å²) in [5.74, 6) is 0.213. The smallest absolute Gasteiger partial charge is 0.142 e. The van der Waals surface area contributed by atoms with Gasteiger partial charge in [-0.3, -0.25) is 0 Å². The Balaban J connectivity index is 2.38. The number of imidazole rings is 1. The number of aryl methyl sites for hydroxylation is 1. The molecule has 0 aliphatic carbocycles. The number of nitrogens with two attached hydrogens (primary N) is 1. The third-order valence-electron chi connectivity index (χ3n) is 2.44. The van der Waals surface area contributed by atoms with Crippen LogP contribution in [0.2, 0.25) is 5.02 Å². The van der Waals surface area contributed by atoms with Crippen molar-refractivity contribution in [1.29, 1.82) is 0 Å². The molecule has 1 atom stereocenters. The van der Waals surface area contributed by atoms with E-state index in [0.717, 1.165) is 0 Å². The first-order valence-corrected chi connectivity index (χ1v) is 5.15. The van der Waals surface area contributed by atoms with E-state index in [1.807, 2.05) is 7.05 Å². The lowest BCUT2D eigenvalue weighted by atomic mass is 10.1. The first-order valence-electron chi connectivity index (χ1n) is 4.77. The van der Waals surface area contributed by atoms with Crippen LogP contribution in [0.25, 0.3) is 0 Å². The Kier molecular flexibility index (Phi) is 2.94. The van der Waals surface area contributed by atoms with Crippen molar-refractivity contribution in [2.24, 2.45) is 12.8 Å². The van der Waals surface area contributed by atoms with Gasteiger partial charge in [-0.2, -0.15) is 0 Å². The third-order valence-corrected chi connectivity index (χ3v) is 2.75. The quantitative estimate of drug-likeness (QED) is 0.874. The van der Waals surface area contributed by atoms with E-state index < -0.39 is 11.9 Å². The molecule has 2 N–H and O–H groups in total. The Labute approximate surface area is 97.7 Å². The van der Waals surface area contributed by atoms with Crippen molar-refractivity contribution >= 4 is 11.6 Å². The second kappa shape index (κ2) is 4.23. The zero-order chi connectivity index (χ0) is 11.7. The van der Waals surface area contributed by atoms with Crippen molar-refractivity contribution in [3.05, 3.63) is 52.8 Å². The van der Waals surface area contributed by atoms with Gasteiger partial charge < -0.3 is 10.3 Å². The van der Waals surface area contributed by atoms with Crippen LogP contribution in [0.1, 0.15) is 17.4 Å². The fraction of sp³-hybridized carbons (Fsp3) is 0.182. The molecule has 1 aromatic carbocycles. The second-order valence-electron chi connectivity index (χ2n) is 3.55. The fourth-order valence-corrected chi connectivity index (χ4v) is 1.65. The van der Waals surface area contributed by atoms with E-state index in [9.17, 15) is 4.39 Å². The summed E-state index contributed by atoms with van der Waals surface area (Å²) in [5, 5.41) is 0.0933. The number of halogens is 2. The maximum Gasteiger partial charge on any atom is 0.142 e. The molecule has 84 valence electrons. The summed E-state index contributed by atoms with van der Waals surface area (Å²) in [4.78, 5) is 4.13. The zero-order valence-electron chi connectivity index (χ0n) is 8.69. The third kappa shape index (κ3) is 1.94. The molecule has 0 aliphatic rings. The Morgan fingerprint density at radius 2 is 2.25 bits per heavy atom. The molecular formula is C11H11ClFN3. The molecule has 1 aromatic heterocycles. The van der Waals surface area contributed by atoms with Gasteiger partial charge in [-0.05, 0) is 17.7 Å². The lowest BCUT2D eigenvalue weighted by Crippen LogP contribution is -2.16. The van der Waals surface area contributed by atoms with E-state index in [1.165, 1.54) is 12.1 Å². The van der Waals surface area contributed by atoms with E-state index in [0.29, 0.717) is 11.4 Å². The molecule has 2 rings (SSSR count). The first kappa shape index (κ1) is 11.1. The Morgan fingerprint density at radius 1 is 1.50 bits per heavy atom. The number of rotatable bonds is 2. The van der Waals surface area contributed by atoms with E-state index in [2.05, 4.69) is 4.98 Å². The highest BCUT2D eigenvalue weighted by molar-refractivity contribution is 6.30. The van der Waals surface area contributed by atoms with Crippen molar-refractivity contribution in [1.82, 2.24) is 9.55 Å². The molecule has 0 fully saturated rings. The molecule has 0 saturated carbocycles. The molecule has 0 bridgehead atoms. The topological polar surface area (TPSA) is 43.8 Å². The predicted octanol–water partition coefficient (Wildman–Crippen LogP) is 2.26. The van der Waals surface area contributed by atoms with Gasteiger partial charge >= 0.3 is 0 Å². The van der Waals surface area contributed by atoms with E-state index >= 15 is 0 Å². The van der Waals surface area contributed by atoms with Crippen molar-refractivity contribution in [3.63, 3.8) is 0 Å². The largest absolute Gasteiger partial charge is 0.336 e. The van der Waals surface area contributed by atoms with Crippen LogP contribution in [0.5, 0.6) is 0 Å². The summed E-state index contributed by atoms with van der Waals surface area (Å²) in [6, 6.07) is 4.08. The SMILES string of the molecule is Cn1ccnc1C(N)c1ccc(Cl)c(F)c1. The number of hydrogen-bond acceptors (Lipinski definition) is 2. The van der Waals surface area contributed by atoms with Gasteiger partial charge in [-0.1, -0.05) is 17.7 Å².